The highest BCUT2D eigenvalue weighted by atomic mass is 35.5. The number of pyridine rings is 1. The normalized spacial score (nSPS) is 11.0. The molecule has 0 aliphatic carbocycles. The number of benzene rings is 1. The molecule has 0 spiro atoms. The number of aromatic nitrogens is 1. The molecular formula is C19H24ClN3O4. The number of carboxylic acid groups (broad SMARTS) is 1. The molecule has 2 rings (SSSR count). The number of halogens is 1. The monoisotopic (exact) mass is 393 g/mol. The number of amides is 1. The molecule has 1 aromatic carbocycles. The van der Waals surface area contributed by atoms with Gasteiger partial charge in [0.1, 0.15) is 12.4 Å². The van der Waals surface area contributed by atoms with E-state index >= 15 is 0 Å². The number of nitrogens with zero attached hydrogens (tertiary/aromatic N) is 1. The lowest BCUT2D eigenvalue weighted by molar-refractivity contribution is -0.134. The predicted octanol–water partition coefficient (Wildman–Crippen LogP) is 2.96. The number of rotatable bonds is 6. The number of hydrogen-bond acceptors (Lipinski definition) is 5. The van der Waals surface area contributed by atoms with E-state index in [1.165, 1.54) is 0 Å². The van der Waals surface area contributed by atoms with Gasteiger partial charge in [-0.1, -0.05) is 17.7 Å². The fourth-order valence-electron chi connectivity index (χ4n) is 2.07. The number of ether oxygens (including phenoxy) is 1. The lowest BCUT2D eigenvalue weighted by Crippen LogP contribution is -2.27. The van der Waals surface area contributed by atoms with Crippen molar-refractivity contribution < 1.29 is 19.4 Å². The number of carboxylic acids is 1. The molecule has 4 N–H and O–H groups in total. The van der Waals surface area contributed by atoms with Crippen LogP contribution in [0.15, 0.2) is 36.5 Å². The third kappa shape index (κ3) is 8.06. The van der Waals surface area contributed by atoms with Gasteiger partial charge in [-0.15, -0.1) is 0 Å². The average Bonchev–Trinajstić information content (AvgIpc) is 2.60. The standard InChI is InChI=1S/C17H20ClN3O2.C2H4O2/c1-11-3-4-13(10-20-11)12(2)21-17(22)15-9-14(18)5-6-16(15)23-8-7-19;1-2(3)4/h3-6,9-10,12H,7-8,19H2,1-2H3,(H,21,22);1H3,(H,3,4). The quantitative estimate of drug-likeness (QED) is 0.695. The second-order valence-corrected chi connectivity index (χ2v) is 6.16. The Morgan fingerprint density at radius 1 is 1.33 bits per heavy atom. The Bertz CT molecular complexity index is 762. The first-order chi connectivity index (χ1) is 12.7. The van der Waals surface area contributed by atoms with E-state index in [4.69, 9.17) is 32.0 Å². The molecule has 1 amide bonds. The first-order valence-electron chi connectivity index (χ1n) is 8.30. The summed E-state index contributed by atoms with van der Waals surface area (Å²) in [6.07, 6.45) is 1.75. The maximum atomic E-state index is 12.5. The summed E-state index contributed by atoms with van der Waals surface area (Å²) in [4.78, 5) is 25.8. The number of nitrogens with two attached hydrogens (primary N) is 1. The third-order valence-electron chi connectivity index (χ3n) is 3.34. The van der Waals surface area contributed by atoms with E-state index in [9.17, 15) is 4.79 Å². The first kappa shape index (κ1) is 22.4. The largest absolute Gasteiger partial charge is 0.491 e. The van der Waals surface area contributed by atoms with Gasteiger partial charge in [-0.3, -0.25) is 14.6 Å². The number of aryl methyl sites for hydroxylation is 1. The van der Waals surface area contributed by atoms with Crippen molar-refractivity contribution in [3.05, 3.63) is 58.4 Å². The molecule has 0 saturated heterocycles. The highest BCUT2D eigenvalue weighted by molar-refractivity contribution is 6.31. The van der Waals surface area contributed by atoms with Gasteiger partial charge in [-0.05, 0) is 43.7 Å². The Balaban J connectivity index is 0.000000828. The summed E-state index contributed by atoms with van der Waals surface area (Å²) >= 11 is 6.00. The van der Waals surface area contributed by atoms with Crippen molar-refractivity contribution in [2.24, 2.45) is 5.73 Å². The molecule has 0 aliphatic heterocycles. The molecular weight excluding hydrogens is 370 g/mol. The minimum atomic E-state index is -0.833. The molecule has 1 aromatic heterocycles. The zero-order valence-corrected chi connectivity index (χ0v) is 16.3. The fourth-order valence-corrected chi connectivity index (χ4v) is 2.24. The minimum absolute atomic E-state index is 0.183. The average molecular weight is 394 g/mol. The van der Waals surface area contributed by atoms with Crippen LogP contribution in [0.3, 0.4) is 0 Å². The molecule has 0 radical (unpaired) electrons. The van der Waals surface area contributed by atoms with E-state index in [-0.39, 0.29) is 11.9 Å². The highest BCUT2D eigenvalue weighted by Crippen LogP contribution is 2.24. The van der Waals surface area contributed by atoms with E-state index < -0.39 is 5.97 Å². The summed E-state index contributed by atoms with van der Waals surface area (Å²) in [5.74, 6) is -0.626. The number of hydrogen-bond donors (Lipinski definition) is 3. The summed E-state index contributed by atoms with van der Waals surface area (Å²) in [6.45, 7) is 5.60. The first-order valence-corrected chi connectivity index (χ1v) is 8.67. The van der Waals surface area contributed by atoms with Gasteiger partial charge in [0.25, 0.3) is 11.9 Å². The van der Waals surface area contributed by atoms with E-state index in [1.807, 2.05) is 26.0 Å². The summed E-state index contributed by atoms with van der Waals surface area (Å²) in [5, 5.41) is 10.8. The molecule has 1 unspecified atom stereocenters. The molecule has 2 aromatic rings. The van der Waals surface area contributed by atoms with Gasteiger partial charge in [0.2, 0.25) is 0 Å². The molecule has 1 atom stereocenters. The van der Waals surface area contributed by atoms with Crippen LogP contribution in [0, 0.1) is 6.92 Å². The lowest BCUT2D eigenvalue weighted by atomic mass is 10.1. The Hall–Kier alpha value is -2.64. The van der Waals surface area contributed by atoms with Gasteiger partial charge in [0, 0.05) is 30.4 Å². The summed E-state index contributed by atoms with van der Waals surface area (Å²) in [7, 11) is 0. The summed E-state index contributed by atoms with van der Waals surface area (Å²) < 4.78 is 5.51. The van der Waals surface area contributed by atoms with Gasteiger partial charge in [-0.2, -0.15) is 0 Å². The van der Waals surface area contributed by atoms with Gasteiger partial charge in [0.15, 0.2) is 0 Å². The number of nitrogens with one attached hydrogen (secondary N) is 1. The smallest absolute Gasteiger partial charge is 0.300 e. The molecule has 1 heterocycles. The minimum Gasteiger partial charge on any atom is -0.491 e. The fraction of sp³-hybridized carbons (Fsp3) is 0.316. The van der Waals surface area contributed by atoms with Crippen LogP contribution in [0.5, 0.6) is 5.75 Å². The molecule has 8 heteroatoms. The molecule has 27 heavy (non-hydrogen) atoms. The van der Waals surface area contributed by atoms with Crippen molar-refractivity contribution in [1.29, 1.82) is 0 Å². The van der Waals surface area contributed by atoms with Gasteiger partial charge >= 0.3 is 0 Å². The van der Waals surface area contributed by atoms with Crippen molar-refractivity contribution in [3.8, 4) is 5.75 Å². The number of aliphatic carboxylic acids is 1. The Morgan fingerprint density at radius 3 is 2.56 bits per heavy atom. The Labute approximate surface area is 163 Å². The van der Waals surface area contributed by atoms with Crippen LogP contribution >= 0.6 is 11.6 Å². The number of carbonyl (C=O) groups is 2. The van der Waals surface area contributed by atoms with Crippen LogP contribution in [-0.4, -0.2) is 35.1 Å². The molecule has 0 aliphatic rings. The van der Waals surface area contributed by atoms with Crippen LogP contribution in [0.25, 0.3) is 0 Å². The topological polar surface area (TPSA) is 115 Å². The predicted molar refractivity (Wildman–Crippen MR) is 104 cm³/mol. The molecule has 7 nitrogen and oxygen atoms in total. The van der Waals surface area contributed by atoms with Crippen molar-refractivity contribution in [2.75, 3.05) is 13.2 Å². The summed E-state index contributed by atoms with van der Waals surface area (Å²) in [6, 6.07) is 8.60. The molecule has 0 bridgehead atoms. The maximum Gasteiger partial charge on any atom is 0.300 e. The van der Waals surface area contributed by atoms with Crippen molar-refractivity contribution in [1.82, 2.24) is 10.3 Å². The van der Waals surface area contributed by atoms with Gasteiger partial charge < -0.3 is 20.9 Å². The van der Waals surface area contributed by atoms with Crippen LogP contribution in [0.1, 0.15) is 41.5 Å². The van der Waals surface area contributed by atoms with E-state index in [0.29, 0.717) is 29.5 Å². The van der Waals surface area contributed by atoms with E-state index in [1.54, 1.807) is 24.4 Å². The van der Waals surface area contributed by atoms with E-state index in [2.05, 4.69) is 10.3 Å². The highest BCUT2D eigenvalue weighted by Gasteiger charge is 2.16. The zero-order valence-electron chi connectivity index (χ0n) is 15.5. The maximum absolute atomic E-state index is 12.5. The zero-order chi connectivity index (χ0) is 20.4. The van der Waals surface area contributed by atoms with Crippen LogP contribution in [0.4, 0.5) is 0 Å². The SMILES string of the molecule is CC(=O)O.Cc1ccc(C(C)NC(=O)c2cc(Cl)ccc2OCCN)cn1. The molecule has 0 fully saturated rings. The molecule has 0 saturated carbocycles. The Kier molecular flexibility index (Phi) is 9.25. The third-order valence-corrected chi connectivity index (χ3v) is 3.58. The van der Waals surface area contributed by atoms with Crippen molar-refractivity contribution >= 4 is 23.5 Å². The van der Waals surface area contributed by atoms with Crippen LogP contribution in [-0.2, 0) is 4.79 Å². The summed E-state index contributed by atoms with van der Waals surface area (Å²) in [5.41, 5.74) is 7.69. The second kappa shape index (κ2) is 11.2. The van der Waals surface area contributed by atoms with Gasteiger partial charge in [0.05, 0.1) is 11.6 Å². The molecule has 146 valence electrons. The Morgan fingerprint density at radius 2 is 2.00 bits per heavy atom. The van der Waals surface area contributed by atoms with Crippen LogP contribution < -0.4 is 15.8 Å². The second-order valence-electron chi connectivity index (χ2n) is 5.72. The number of carbonyl (C=O) groups excluding carboxylic acids is 1. The van der Waals surface area contributed by atoms with Crippen molar-refractivity contribution in [2.45, 2.75) is 26.8 Å². The lowest BCUT2D eigenvalue weighted by Gasteiger charge is -2.16. The van der Waals surface area contributed by atoms with Crippen molar-refractivity contribution in [3.63, 3.8) is 0 Å². The van der Waals surface area contributed by atoms with Gasteiger partial charge in [-0.25, -0.2) is 0 Å². The van der Waals surface area contributed by atoms with E-state index in [0.717, 1.165) is 18.2 Å². The van der Waals surface area contributed by atoms with Crippen LogP contribution in [0.2, 0.25) is 5.02 Å².